The second-order valence-electron chi connectivity index (χ2n) is 7.27. The molecule has 2 aromatic rings. The molecule has 2 N–H and O–H groups in total. The topological polar surface area (TPSA) is 61.4 Å². The maximum atomic E-state index is 12.5. The van der Waals surface area contributed by atoms with Gasteiger partial charge in [0.15, 0.2) is 0 Å². The van der Waals surface area contributed by atoms with Crippen molar-refractivity contribution in [3.05, 3.63) is 53.1 Å². The zero-order chi connectivity index (χ0) is 20.8. The first-order valence-corrected chi connectivity index (χ1v) is 9.85. The number of rotatable bonds is 6. The Labute approximate surface area is 168 Å². The van der Waals surface area contributed by atoms with Gasteiger partial charge in [-0.1, -0.05) is 32.0 Å². The highest BCUT2D eigenvalue weighted by atomic mass is 16.2. The molecule has 2 rings (SSSR count). The first-order chi connectivity index (χ1) is 13.3. The maximum Gasteiger partial charge on any atom is 0.314 e. The zero-order valence-electron chi connectivity index (χ0n) is 17.7. The van der Waals surface area contributed by atoms with E-state index in [-0.39, 0.29) is 5.92 Å². The number of anilines is 3. The molecular weight excluding hydrogens is 350 g/mol. The lowest BCUT2D eigenvalue weighted by molar-refractivity contribution is -0.133. The van der Waals surface area contributed by atoms with Crippen LogP contribution in [0.3, 0.4) is 0 Å². The lowest BCUT2D eigenvalue weighted by Crippen LogP contribution is -2.30. The molecule has 0 aliphatic carbocycles. The van der Waals surface area contributed by atoms with Crippen molar-refractivity contribution < 1.29 is 9.59 Å². The van der Waals surface area contributed by atoms with Crippen molar-refractivity contribution in [3.8, 4) is 0 Å². The lowest BCUT2D eigenvalue weighted by Gasteiger charge is -2.22. The van der Waals surface area contributed by atoms with Gasteiger partial charge in [-0.15, -0.1) is 0 Å². The van der Waals surface area contributed by atoms with Crippen molar-refractivity contribution in [1.29, 1.82) is 0 Å². The normalized spacial score (nSPS) is 10.7. The van der Waals surface area contributed by atoms with E-state index in [9.17, 15) is 9.59 Å². The maximum absolute atomic E-state index is 12.5. The molecule has 5 nitrogen and oxygen atoms in total. The van der Waals surface area contributed by atoms with Crippen molar-refractivity contribution in [2.24, 2.45) is 0 Å². The summed E-state index contributed by atoms with van der Waals surface area (Å²) in [5.41, 5.74) is 5.33. The highest BCUT2D eigenvalue weighted by Crippen LogP contribution is 2.27. The molecule has 5 heteroatoms. The highest BCUT2D eigenvalue weighted by molar-refractivity contribution is 6.43. The standard InChI is InChI=1S/C23H31N3O2/c1-7-26(8-2)18-12-13-20(17(6)14-18)24-22(27)23(28)25-21-16(5)10-9-11-19(21)15(3)4/h9-15H,7-8H2,1-6H3,(H,24,27)(H,25,28). The fraction of sp³-hybridized carbons (Fsp3) is 0.391. The molecule has 2 aromatic carbocycles. The first kappa shape index (κ1) is 21.5. The summed E-state index contributed by atoms with van der Waals surface area (Å²) in [6.07, 6.45) is 0. The van der Waals surface area contributed by atoms with Crippen LogP contribution in [0.2, 0.25) is 0 Å². The van der Waals surface area contributed by atoms with E-state index >= 15 is 0 Å². The average Bonchev–Trinajstić information content (AvgIpc) is 2.66. The van der Waals surface area contributed by atoms with Crippen LogP contribution in [0.1, 0.15) is 50.3 Å². The van der Waals surface area contributed by atoms with Gasteiger partial charge in [-0.05, 0) is 68.5 Å². The summed E-state index contributed by atoms with van der Waals surface area (Å²) >= 11 is 0. The lowest BCUT2D eigenvalue weighted by atomic mass is 9.98. The Morgan fingerprint density at radius 2 is 1.57 bits per heavy atom. The number of amides is 2. The van der Waals surface area contributed by atoms with Gasteiger partial charge in [0, 0.05) is 30.2 Å². The number of carbonyl (C=O) groups excluding carboxylic acids is 2. The monoisotopic (exact) mass is 381 g/mol. The largest absolute Gasteiger partial charge is 0.372 e. The minimum absolute atomic E-state index is 0.244. The number of hydrogen-bond donors (Lipinski definition) is 2. The molecule has 0 spiro atoms. The van der Waals surface area contributed by atoms with Gasteiger partial charge in [-0.3, -0.25) is 9.59 Å². The SMILES string of the molecule is CCN(CC)c1ccc(NC(=O)C(=O)Nc2c(C)cccc2C(C)C)c(C)c1. The Bertz CT molecular complexity index is 855. The molecule has 150 valence electrons. The van der Waals surface area contributed by atoms with Gasteiger partial charge < -0.3 is 15.5 Å². The molecule has 0 unspecified atom stereocenters. The molecule has 0 aromatic heterocycles. The predicted octanol–water partition coefficient (Wildman–Crippen LogP) is 4.85. The fourth-order valence-corrected chi connectivity index (χ4v) is 3.27. The van der Waals surface area contributed by atoms with E-state index in [2.05, 4.69) is 43.2 Å². The van der Waals surface area contributed by atoms with E-state index in [1.54, 1.807) is 0 Å². The number of para-hydroxylation sites is 1. The summed E-state index contributed by atoms with van der Waals surface area (Å²) in [6, 6.07) is 11.7. The molecule has 0 bridgehead atoms. The summed E-state index contributed by atoms with van der Waals surface area (Å²) in [7, 11) is 0. The minimum Gasteiger partial charge on any atom is -0.372 e. The zero-order valence-corrected chi connectivity index (χ0v) is 17.7. The third-order valence-corrected chi connectivity index (χ3v) is 4.96. The third kappa shape index (κ3) is 4.91. The summed E-state index contributed by atoms with van der Waals surface area (Å²) in [5, 5.41) is 5.52. The van der Waals surface area contributed by atoms with E-state index in [0.717, 1.165) is 35.5 Å². The van der Waals surface area contributed by atoms with Gasteiger partial charge in [-0.25, -0.2) is 0 Å². The van der Waals surface area contributed by atoms with E-state index in [0.29, 0.717) is 11.4 Å². The molecule has 0 aliphatic rings. The second-order valence-corrected chi connectivity index (χ2v) is 7.27. The predicted molar refractivity (Wildman–Crippen MR) is 117 cm³/mol. The van der Waals surface area contributed by atoms with Crippen LogP contribution < -0.4 is 15.5 Å². The Balaban J connectivity index is 2.15. The van der Waals surface area contributed by atoms with Gasteiger partial charge in [0.2, 0.25) is 0 Å². The molecule has 28 heavy (non-hydrogen) atoms. The summed E-state index contributed by atoms with van der Waals surface area (Å²) < 4.78 is 0. The van der Waals surface area contributed by atoms with Gasteiger partial charge in [0.25, 0.3) is 0 Å². The molecule has 2 amide bonds. The molecule has 0 atom stereocenters. The van der Waals surface area contributed by atoms with E-state index in [1.165, 1.54) is 0 Å². The molecule has 0 heterocycles. The van der Waals surface area contributed by atoms with Crippen molar-refractivity contribution in [3.63, 3.8) is 0 Å². The summed E-state index contributed by atoms with van der Waals surface area (Å²) in [5.74, 6) is -1.09. The number of nitrogens with one attached hydrogen (secondary N) is 2. The van der Waals surface area contributed by atoms with Gasteiger partial charge in [0.1, 0.15) is 0 Å². The molecule has 0 saturated heterocycles. The van der Waals surface area contributed by atoms with Gasteiger partial charge in [0.05, 0.1) is 0 Å². The fourth-order valence-electron chi connectivity index (χ4n) is 3.27. The van der Waals surface area contributed by atoms with Gasteiger partial charge >= 0.3 is 11.8 Å². The summed E-state index contributed by atoms with van der Waals surface area (Å²) in [6.45, 7) is 14.0. The Morgan fingerprint density at radius 1 is 0.929 bits per heavy atom. The first-order valence-electron chi connectivity index (χ1n) is 9.85. The molecule has 0 saturated carbocycles. The second kappa shape index (κ2) is 9.40. The number of hydrogen-bond acceptors (Lipinski definition) is 3. The van der Waals surface area contributed by atoms with Crippen molar-refractivity contribution in [1.82, 2.24) is 0 Å². The van der Waals surface area contributed by atoms with Crippen LogP contribution in [0.5, 0.6) is 0 Å². The van der Waals surface area contributed by atoms with Gasteiger partial charge in [-0.2, -0.15) is 0 Å². The number of benzene rings is 2. The van der Waals surface area contributed by atoms with Crippen molar-refractivity contribution in [2.75, 3.05) is 28.6 Å². The van der Waals surface area contributed by atoms with Crippen LogP contribution >= 0.6 is 0 Å². The van der Waals surface area contributed by atoms with Crippen molar-refractivity contribution in [2.45, 2.75) is 47.5 Å². The molecular formula is C23H31N3O2. The molecule has 0 fully saturated rings. The Kier molecular flexibility index (Phi) is 7.21. The summed E-state index contributed by atoms with van der Waals surface area (Å²) in [4.78, 5) is 27.2. The quantitative estimate of drug-likeness (QED) is 0.703. The average molecular weight is 382 g/mol. The van der Waals surface area contributed by atoms with Crippen LogP contribution in [0, 0.1) is 13.8 Å². The van der Waals surface area contributed by atoms with Crippen LogP contribution in [0.4, 0.5) is 17.1 Å². The number of nitrogens with zero attached hydrogens (tertiary/aromatic N) is 1. The van der Waals surface area contributed by atoms with E-state index in [4.69, 9.17) is 0 Å². The van der Waals surface area contributed by atoms with E-state index < -0.39 is 11.8 Å². The third-order valence-electron chi connectivity index (χ3n) is 4.96. The van der Waals surface area contributed by atoms with E-state index in [1.807, 2.05) is 50.2 Å². The number of aryl methyl sites for hydroxylation is 2. The van der Waals surface area contributed by atoms with Crippen LogP contribution in [0.25, 0.3) is 0 Å². The molecule has 0 radical (unpaired) electrons. The molecule has 0 aliphatic heterocycles. The highest BCUT2D eigenvalue weighted by Gasteiger charge is 2.19. The smallest absolute Gasteiger partial charge is 0.314 e. The van der Waals surface area contributed by atoms with Crippen molar-refractivity contribution >= 4 is 28.9 Å². The minimum atomic E-state index is -0.670. The van der Waals surface area contributed by atoms with Crippen LogP contribution in [-0.4, -0.2) is 24.9 Å². The number of carbonyl (C=O) groups is 2. The Hall–Kier alpha value is -2.82. The Morgan fingerprint density at radius 3 is 2.14 bits per heavy atom. The van der Waals surface area contributed by atoms with Crippen LogP contribution in [0.15, 0.2) is 36.4 Å². The van der Waals surface area contributed by atoms with Crippen LogP contribution in [-0.2, 0) is 9.59 Å².